The molecule has 0 aromatic heterocycles. The fourth-order valence-corrected chi connectivity index (χ4v) is 2.71. The molecule has 0 N–H and O–H groups in total. The van der Waals surface area contributed by atoms with Gasteiger partial charge >= 0.3 is 0 Å². The quantitative estimate of drug-likeness (QED) is 0.720. The average molecular weight is 267 g/mol. The van der Waals surface area contributed by atoms with Crippen LogP contribution in [0.2, 0.25) is 5.02 Å². The third-order valence-electron chi connectivity index (χ3n) is 2.51. The fraction of sp³-hybridized carbons (Fsp3) is 0.143. The van der Waals surface area contributed by atoms with Crippen molar-refractivity contribution in [2.24, 2.45) is 0 Å². The number of hydrogen-bond acceptors (Lipinski definition) is 1. The number of rotatable bonds is 3. The van der Waals surface area contributed by atoms with Gasteiger partial charge in [0.1, 0.15) is 5.82 Å². The molecule has 0 amide bonds. The molecule has 0 radical (unpaired) electrons. The van der Waals surface area contributed by atoms with E-state index in [9.17, 15) is 4.39 Å². The average Bonchev–Trinajstić information content (AvgIpc) is 2.30. The summed E-state index contributed by atoms with van der Waals surface area (Å²) in [5, 5.41) is 0.489. The van der Waals surface area contributed by atoms with Crippen molar-refractivity contribution in [3.05, 3.63) is 64.4 Å². The molecule has 0 aliphatic rings. The molecule has 88 valence electrons. The van der Waals surface area contributed by atoms with Gasteiger partial charge in [-0.2, -0.15) is 0 Å². The maximum Gasteiger partial charge on any atom is 0.138 e. The molecule has 0 atom stereocenters. The summed E-state index contributed by atoms with van der Waals surface area (Å²) in [5.74, 6) is -0.240. The minimum atomic E-state index is -0.240. The predicted octanol–water partition coefficient (Wildman–Crippen LogP) is 4.79. The second-order valence-electron chi connectivity index (χ2n) is 3.76. The molecule has 3 heteroatoms. The SMILES string of the molecule is CSc1c(F)cc(Cc2ccccc2)cc1Cl. The first-order chi connectivity index (χ1) is 8.20. The first-order valence-corrected chi connectivity index (χ1v) is 6.87. The van der Waals surface area contributed by atoms with E-state index in [0.29, 0.717) is 16.3 Å². The van der Waals surface area contributed by atoms with Crippen LogP contribution in [-0.4, -0.2) is 6.26 Å². The van der Waals surface area contributed by atoms with E-state index in [1.807, 2.05) is 42.7 Å². The van der Waals surface area contributed by atoms with Gasteiger partial charge in [-0.15, -0.1) is 11.8 Å². The number of hydrogen-bond donors (Lipinski definition) is 0. The second kappa shape index (κ2) is 5.56. The highest BCUT2D eigenvalue weighted by Gasteiger charge is 2.08. The van der Waals surface area contributed by atoms with E-state index in [2.05, 4.69) is 0 Å². The molecule has 0 spiro atoms. The Kier molecular flexibility index (Phi) is 4.08. The molecule has 0 aliphatic heterocycles. The molecular weight excluding hydrogens is 255 g/mol. The Balaban J connectivity index is 2.29. The molecular formula is C14H12ClFS. The Morgan fingerprint density at radius 1 is 1.12 bits per heavy atom. The Morgan fingerprint density at radius 2 is 1.82 bits per heavy atom. The molecule has 0 saturated heterocycles. The van der Waals surface area contributed by atoms with Crippen LogP contribution >= 0.6 is 23.4 Å². The smallest absolute Gasteiger partial charge is 0.138 e. The maximum absolute atomic E-state index is 13.7. The molecule has 2 aromatic carbocycles. The molecule has 2 aromatic rings. The Labute approximate surface area is 110 Å². The third kappa shape index (κ3) is 3.02. The van der Waals surface area contributed by atoms with Crippen molar-refractivity contribution in [3.63, 3.8) is 0 Å². The van der Waals surface area contributed by atoms with Crippen molar-refractivity contribution in [1.82, 2.24) is 0 Å². The van der Waals surface area contributed by atoms with Crippen LogP contribution in [0.4, 0.5) is 4.39 Å². The number of halogens is 2. The van der Waals surface area contributed by atoms with Crippen LogP contribution in [0.25, 0.3) is 0 Å². The Hall–Kier alpha value is -0.990. The summed E-state index contributed by atoms with van der Waals surface area (Å²) >= 11 is 7.37. The van der Waals surface area contributed by atoms with Crippen LogP contribution in [0.3, 0.4) is 0 Å². The summed E-state index contributed by atoms with van der Waals surface area (Å²) < 4.78 is 13.7. The minimum Gasteiger partial charge on any atom is -0.206 e. The second-order valence-corrected chi connectivity index (χ2v) is 4.98. The molecule has 0 aliphatic carbocycles. The van der Waals surface area contributed by atoms with E-state index in [4.69, 9.17) is 11.6 Å². The summed E-state index contributed by atoms with van der Waals surface area (Å²) in [6.07, 6.45) is 2.52. The van der Waals surface area contributed by atoms with E-state index in [-0.39, 0.29) is 5.82 Å². The van der Waals surface area contributed by atoms with E-state index in [0.717, 1.165) is 11.1 Å². The summed E-state index contributed by atoms with van der Waals surface area (Å²) in [4.78, 5) is 0.517. The molecule has 0 unspecified atom stereocenters. The van der Waals surface area contributed by atoms with E-state index >= 15 is 0 Å². The van der Waals surface area contributed by atoms with E-state index < -0.39 is 0 Å². The zero-order valence-corrected chi connectivity index (χ0v) is 11.0. The highest BCUT2D eigenvalue weighted by atomic mass is 35.5. The van der Waals surface area contributed by atoms with Gasteiger partial charge in [0.2, 0.25) is 0 Å². The number of thioether (sulfide) groups is 1. The van der Waals surface area contributed by atoms with Gasteiger partial charge in [0.25, 0.3) is 0 Å². The van der Waals surface area contributed by atoms with Gasteiger partial charge in [0, 0.05) is 0 Å². The molecule has 17 heavy (non-hydrogen) atoms. The first-order valence-electron chi connectivity index (χ1n) is 5.26. The normalized spacial score (nSPS) is 10.5. The molecule has 0 bridgehead atoms. The predicted molar refractivity (Wildman–Crippen MR) is 72.4 cm³/mol. The lowest BCUT2D eigenvalue weighted by Gasteiger charge is -2.07. The number of benzene rings is 2. The third-order valence-corrected chi connectivity index (χ3v) is 3.75. The van der Waals surface area contributed by atoms with Gasteiger partial charge < -0.3 is 0 Å². The van der Waals surface area contributed by atoms with Crippen molar-refractivity contribution in [1.29, 1.82) is 0 Å². The van der Waals surface area contributed by atoms with Gasteiger partial charge in [0.05, 0.1) is 9.92 Å². The minimum absolute atomic E-state index is 0.240. The fourth-order valence-electron chi connectivity index (χ4n) is 1.74. The van der Waals surface area contributed by atoms with Gasteiger partial charge in [-0.25, -0.2) is 4.39 Å². The highest BCUT2D eigenvalue weighted by molar-refractivity contribution is 7.98. The van der Waals surface area contributed by atoms with Crippen LogP contribution in [0.5, 0.6) is 0 Å². The molecule has 0 nitrogen and oxygen atoms in total. The lowest BCUT2D eigenvalue weighted by molar-refractivity contribution is 0.600. The Bertz CT molecular complexity index is 488. The van der Waals surface area contributed by atoms with Crippen molar-refractivity contribution < 1.29 is 4.39 Å². The zero-order valence-electron chi connectivity index (χ0n) is 9.41. The summed E-state index contributed by atoms with van der Waals surface area (Å²) in [5.41, 5.74) is 2.05. The topological polar surface area (TPSA) is 0 Å². The van der Waals surface area contributed by atoms with Gasteiger partial charge in [-0.1, -0.05) is 41.9 Å². The van der Waals surface area contributed by atoms with Gasteiger partial charge in [-0.05, 0) is 35.9 Å². The van der Waals surface area contributed by atoms with E-state index in [1.165, 1.54) is 11.8 Å². The standard InChI is InChI=1S/C14H12ClFS/c1-17-14-12(15)8-11(9-13(14)16)7-10-5-3-2-4-6-10/h2-6,8-9H,7H2,1H3. The zero-order chi connectivity index (χ0) is 12.3. The molecule has 0 heterocycles. The maximum atomic E-state index is 13.7. The van der Waals surface area contributed by atoms with Crippen LogP contribution in [0.15, 0.2) is 47.4 Å². The largest absolute Gasteiger partial charge is 0.206 e. The molecule has 0 saturated carbocycles. The summed E-state index contributed by atoms with van der Waals surface area (Å²) in [6.45, 7) is 0. The van der Waals surface area contributed by atoms with Crippen molar-refractivity contribution in [2.75, 3.05) is 6.26 Å². The highest BCUT2D eigenvalue weighted by Crippen LogP contribution is 2.30. The van der Waals surface area contributed by atoms with E-state index in [1.54, 1.807) is 6.07 Å². The Morgan fingerprint density at radius 3 is 2.41 bits per heavy atom. The van der Waals surface area contributed by atoms with Crippen LogP contribution in [0.1, 0.15) is 11.1 Å². The van der Waals surface area contributed by atoms with Crippen molar-refractivity contribution in [2.45, 2.75) is 11.3 Å². The summed E-state index contributed by atoms with van der Waals surface area (Å²) in [7, 11) is 0. The molecule has 2 rings (SSSR count). The van der Waals surface area contributed by atoms with Crippen molar-refractivity contribution >= 4 is 23.4 Å². The van der Waals surface area contributed by atoms with Crippen LogP contribution < -0.4 is 0 Å². The van der Waals surface area contributed by atoms with Gasteiger partial charge in [0.15, 0.2) is 0 Å². The monoisotopic (exact) mass is 266 g/mol. The lowest BCUT2D eigenvalue weighted by atomic mass is 10.1. The lowest BCUT2D eigenvalue weighted by Crippen LogP contribution is -1.91. The first kappa shape index (κ1) is 12.5. The summed E-state index contributed by atoms with van der Waals surface area (Å²) in [6, 6.07) is 13.4. The van der Waals surface area contributed by atoms with Gasteiger partial charge in [-0.3, -0.25) is 0 Å². The van der Waals surface area contributed by atoms with Crippen LogP contribution in [0, 0.1) is 5.82 Å². The molecule has 0 fully saturated rings. The van der Waals surface area contributed by atoms with Crippen LogP contribution in [-0.2, 0) is 6.42 Å². The van der Waals surface area contributed by atoms with Crippen molar-refractivity contribution in [3.8, 4) is 0 Å².